The highest BCUT2D eigenvalue weighted by molar-refractivity contribution is 5.97. The van der Waals surface area contributed by atoms with Gasteiger partial charge in [0.05, 0.1) is 12.7 Å². The fourth-order valence-electron chi connectivity index (χ4n) is 2.80. The van der Waals surface area contributed by atoms with Gasteiger partial charge in [-0.05, 0) is 48.6 Å². The van der Waals surface area contributed by atoms with E-state index in [1.54, 1.807) is 19.2 Å². The molecule has 2 aromatic rings. The first-order chi connectivity index (χ1) is 11.6. The number of ether oxygens (including phenoxy) is 1. The maximum absolute atomic E-state index is 13.0. The van der Waals surface area contributed by atoms with Crippen molar-refractivity contribution >= 4 is 5.91 Å². The minimum Gasteiger partial charge on any atom is -0.507 e. The van der Waals surface area contributed by atoms with Crippen molar-refractivity contribution in [3.8, 4) is 11.5 Å². The molecule has 1 amide bonds. The third kappa shape index (κ3) is 3.53. The van der Waals surface area contributed by atoms with Crippen LogP contribution in [0.1, 0.15) is 41.3 Å². The number of carbonyl (C=O) groups excluding carboxylic acids is 1. The number of nitrogens with zero attached hydrogens (tertiary/aromatic N) is 1. The Hall–Kier alpha value is -2.49. The summed E-state index contributed by atoms with van der Waals surface area (Å²) in [5.74, 6) is 0.417. The van der Waals surface area contributed by atoms with Gasteiger partial charge in [0.15, 0.2) is 0 Å². The minimum absolute atomic E-state index is 0.00668. The van der Waals surface area contributed by atoms with Gasteiger partial charge in [0, 0.05) is 12.6 Å². The van der Waals surface area contributed by atoms with E-state index in [1.807, 2.05) is 4.90 Å². The van der Waals surface area contributed by atoms with Crippen LogP contribution in [0.3, 0.4) is 0 Å². The summed E-state index contributed by atoms with van der Waals surface area (Å²) in [6, 6.07) is 13.4. The van der Waals surface area contributed by atoms with E-state index in [0.29, 0.717) is 17.9 Å². The molecule has 0 aliphatic heterocycles. The zero-order valence-electron chi connectivity index (χ0n) is 14.2. The molecule has 0 spiro atoms. The number of phenolic OH excluding ortho intramolecular Hbond substituents is 1. The van der Waals surface area contributed by atoms with Crippen LogP contribution in [0.15, 0.2) is 42.5 Å². The van der Waals surface area contributed by atoms with Crippen molar-refractivity contribution in [2.75, 3.05) is 7.11 Å². The zero-order valence-corrected chi connectivity index (χ0v) is 14.2. The number of benzene rings is 2. The predicted octanol–water partition coefficient (Wildman–Crippen LogP) is 3.77. The Labute approximate surface area is 142 Å². The van der Waals surface area contributed by atoms with Crippen LogP contribution in [0.2, 0.25) is 0 Å². The topological polar surface area (TPSA) is 49.8 Å². The van der Waals surface area contributed by atoms with Gasteiger partial charge in [0.2, 0.25) is 0 Å². The normalized spacial score (nSPS) is 13.6. The van der Waals surface area contributed by atoms with Gasteiger partial charge >= 0.3 is 0 Å². The van der Waals surface area contributed by atoms with E-state index in [-0.39, 0.29) is 17.7 Å². The zero-order chi connectivity index (χ0) is 17.1. The molecule has 0 bridgehead atoms. The number of aromatic hydroxyl groups is 1. The summed E-state index contributed by atoms with van der Waals surface area (Å²) < 4.78 is 5.18. The van der Waals surface area contributed by atoms with Crippen LogP contribution >= 0.6 is 0 Å². The van der Waals surface area contributed by atoms with E-state index < -0.39 is 0 Å². The van der Waals surface area contributed by atoms with E-state index in [1.165, 1.54) is 11.6 Å². The fourth-order valence-corrected chi connectivity index (χ4v) is 2.80. The van der Waals surface area contributed by atoms with Gasteiger partial charge in [-0.1, -0.05) is 31.2 Å². The van der Waals surface area contributed by atoms with Gasteiger partial charge in [-0.2, -0.15) is 0 Å². The van der Waals surface area contributed by atoms with Gasteiger partial charge in [-0.15, -0.1) is 0 Å². The molecule has 1 aliphatic rings. The standard InChI is InChI=1S/C20H23NO3/c1-3-14-4-6-15(7-5-14)13-21(16-8-9-16)20(23)18-12-17(24-2)10-11-19(18)22/h4-7,10-12,16,22H,3,8-9,13H2,1-2H3. The van der Waals surface area contributed by atoms with Crippen LogP contribution in [-0.2, 0) is 13.0 Å². The van der Waals surface area contributed by atoms with Gasteiger partial charge in [0.25, 0.3) is 5.91 Å². The Balaban J connectivity index is 1.83. The van der Waals surface area contributed by atoms with Crippen molar-refractivity contribution in [3.63, 3.8) is 0 Å². The lowest BCUT2D eigenvalue weighted by atomic mass is 10.1. The first-order valence-corrected chi connectivity index (χ1v) is 8.38. The molecule has 0 radical (unpaired) electrons. The lowest BCUT2D eigenvalue weighted by molar-refractivity contribution is 0.0726. The number of phenols is 1. The molecule has 0 unspecified atom stereocenters. The highest BCUT2D eigenvalue weighted by Gasteiger charge is 2.34. The van der Waals surface area contributed by atoms with Crippen molar-refractivity contribution in [2.24, 2.45) is 0 Å². The molecule has 0 aromatic heterocycles. The highest BCUT2D eigenvalue weighted by Crippen LogP contribution is 2.32. The second kappa shape index (κ2) is 6.95. The molecule has 1 aliphatic carbocycles. The molecular formula is C20H23NO3. The molecule has 4 nitrogen and oxygen atoms in total. The van der Waals surface area contributed by atoms with E-state index >= 15 is 0 Å². The molecule has 1 fully saturated rings. The van der Waals surface area contributed by atoms with Crippen LogP contribution in [0.5, 0.6) is 11.5 Å². The summed E-state index contributed by atoms with van der Waals surface area (Å²) in [4.78, 5) is 14.8. The number of aryl methyl sites for hydroxylation is 1. The van der Waals surface area contributed by atoms with Crippen molar-refractivity contribution in [3.05, 3.63) is 59.2 Å². The summed E-state index contributed by atoms with van der Waals surface area (Å²) in [5, 5.41) is 10.1. The van der Waals surface area contributed by atoms with Crippen LogP contribution in [0.25, 0.3) is 0 Å². The smallest absolute Gasteiger partial charge is 0.258 e. The van der Waals surface area contributed by atoms with Crippen molar-refractivity contribution < 1.29 is 14.6 Å². The minimum atomic E-state index is -0.145. The molecule has 3 rings (SSSR count). The number of rotatable bonds is 6. The lowest BCUT2D eigenvalue weighted by Crippen LogP contribution is -2.32. The third-order valence-corrected chi connectivity index (χ3v) is 4.47. The van der Waals surface area contributed by atoms with Crippen molar-refractivity contribution in [2.45, 2.75) is 38.8 Å². The van der Waals surface area contributed by atoms with Gasteiger partial charge in [0.1, 0.15) is 11.5 Å². The average Bonchev–Trinajstić information content (AvgIpc) is 3.45. The quantitative estimate of drug-likeness (QED) is 0.879. The first kappa shape index (κ1) is 16.4. The first-order valence-electron chi connectivity index (χ1n) is 8.38. The molecule has 24 heavy (non-hydrogen) atoms. The lowest BCUT2D eigenvalue weighted by Gasteiger charge is -2.23. The molecule has 0 heterocycles. The molecule has 0 atom stereocenters. The van der Waals surface area contributed by atoms with E-state index in [4.69, 9.17) is 4.74 Å². The summed E-state index contributed by atoms with van der Waals surface area (Å²) >= 11 is 0. The molecule has 126 valence electrons. The van der Waals surface area contributed by atoms with Gasteiger partial charge < -0.3 is 14.7 Å². The number of hydrogen-bond donors (Lipinski definition) is 1. The fraction of sp³-hybridized carbons (Fsp3) is 0.350. The largest absolute Gasteiger partial charge is 0.507 e. The number of carbonyl (C=O) groups is 1. The monoisotopic (exact) mass is 325 g/mol. The molecule has 4 heteroatoms. The van der Waals surface area contributed by atoms with Crippen LogP contribution in [-0.4, -0.2) is 29.1 Å². The molecular weight excluding hydrogens is 302 g/mol. The van der Waals surface area contributed by atoms with E-state index in [0.717, 1.165) is 24.8 Å². The van der Waals surface area contributed by atoms with Crippen molar-refractivity contribution in [1.29, 1.82) is 0 Å². The van der Waals surface area contributed by atoms with E-state index in [9.17, 15) is 9.90 Å². The van der Waals surface area contributed by atoms with E-state index in [2.05, 4.69) is 31.2 Å². The van der Waals surface area contributed by atoms with Crippen molar-refractivity contribution in [1.82, 2.24) is 4.90 Å². The second-order valence-electron chi connectivity index (χ2n) is 6.22. The summed E-state index contributed by atoms with van der Waals surface area (Å²) in [6.07, 6.45) is 3.04. The van der Waals surface area contributed by atoms with Gasteiger partial charge in [-0.3, -0.25) is 4.79 Å². The molecule has 1 N–H and O–H groups in total. The maximum Gasteiger partial charge on any atom is 0.258 e. The molecule has 0 saturated heterocycles. The van der Waals surface area contributed by atoms with Crippen LogP contribution < -0.4 is 4.74 Å². The summed E-state index contributed by atoms with van der Waals surface area (Å²) in [5.41, 5.74) is 2.69. The molecule has 2 aromatic carbocycles. The summed E-state index contributed by atoms with van der Waals surface area (Å²) in [7, 11) is 1.55. The average molecular weight is 325 g/mol. The third-order valence-electron chi connectivity index (χ3n) is 4.47. The number of methoxy groups -OCH3 is 1. The number of amides is 1. The Morgan fingerprint density at radius 3 is 2.42 bits per heavy atom. The SMILES string of the molecule is CCc1ccc(CN(C(=O)c2cc(OC)ccc2O)C2CC2)cc1. The Bertz CT molecular complexity index is 720. The second-order valence-corrected chi connectivity index (χ2v) is 6.22. The van der Waals surface area contributed by atoms with Crippen LogP contribution in [0, 0.1) is 0 Å². The van der Waals surface area contributed by atoms with Gasteiger partial charge in [-0.25, -0.2) is 0 Å². The number of hydrogen-bond acceptors (Lipinski definition) is 3. The highest BCUT2D eigenvalue weighted by atomic mass is 16.5. The summed E-state index contributed by atoms with van der Waals surface area (Å²) in [6.45, 7) is 2.69. The van der Waals surface area contributed by atoms with Crippen LogP contribution in [0.4, 0.5) is 0 Å². The Morgan fingerprint density at radius 2 is 1.83 bits per heavy atom. The Kier molecular flexibility index (Phi) is 4.74. The molecule has 1 saturated carbocycles. The Morgan fingerprint density at radius 1 is 1.17 bits per heavy atom. The maximum atomic E-state index is 13.0. The predicted molar refractivity (Wildman–Crippen MR) is 93.4 cm³/mol.